The summed E-state index contributed by atoms with van der Waals surface area (Å²) >= 11 is 0. The number of fused-ring (bicyclic) bond motifs is 1. The summed E-state index contributed by atoms with van der Waals surface area (Å²) < 4.78 is 10.5. The van der Waals surface area contributed by atoms with Gasteiger partial charge in [0.15, 0.2) is 0 Å². The van der Waals surface area contributed by atoms with Crippen LogP contribution in [0.3, 0.4) is 0 Å². The molecule has 0 fully saturated rings. The van der Waals surface area contributed by atoms with Gasteiger partial charge in [0.1, 0.15) is 11.4 Å². The number of aliphatic hydroxyl groups is 1. The number of carbonyl (C=O) groups excluding carboxylic acids is 1. The highest BCUT2D eigenvalue weighted by Gasteiger charge is 2.47. The lowest BCUT2D eigenvalue weighted by molar-refractivity contribution is -0.140. The van der Waals surface area contributed by atoms with Crippen LogP contribution in [0.4, 0.5) is 0 Å². The molecule has 1 aromatic carbocycles. The van der Waals surface area contributed by atoms with Crippen LogP contribution in [-0.4, -0.2) is 32.9 Å². The average Bonchev–Trinajstić information content (AvgIpc) is 2.66. The zero-order chi connectivity index (χ0) is 16.7. The van der Waals surface area contributed by atoms with Crippen LogP contribution in [0.1, 0.15) is 25.0 Å². The van der Waals surface area contributed by atoms with E-state index in [2.05, 4.69) is 19.6 Å². The van der Waals surface area contributed by atoms with Crippen molar-refractivity contribution >= 4 is 19.2 Å². The lowest BCUT2D eigenvalue weighted by Gasteiger charge is -2.24. The minimum Gasteiger partial charge on any atom is -0.497 e. The van der Waals surface area contributed by atoms with E-state index in [0.29, 0.717) is 5.57 Å². The van der Waals surface area contributed by atoms with E-state index in [-0.39, 0.29) is 6.61 Å². The molecule has 1 aromatic rings. The zero-order valence-electron chi connectivity index (χ0n) is 14.1. The molecule has 1 N–H and O–H groups in total. The van der Waals surface area contributed by atoms with Crippen molar-refractivity contribution in [1.82, 2.24) is 0 Å². The predicted molar refractivity (Wildman–Crippen MR) is 89.5 cm³/mol. The van der Waals surface area contributed by atoms with Crippen LogP contribution in [0.2, 0.25) is 19.6 Å². The second-order valence-corrected chi connectivity index (χ2v) is 11.7. The third-order valence-corrected chi connectivity index (χ3v) is 6.01. The van der Waals surface area contributed by atoms with Gasteiger partial charge in [-0.3, -0.25) is 0 Å². The second-order valence-electron chi connectivity index (χ2n) is 6.70. The number of esters is 1. The van der Waals surface area contributed by atoms with Gasteiger partial charge in [0.2, 0.25) is 0 Å². The Morgan fingerprint density at radius 2 is 1.95 bits per heavy atom. The van der Waals surface area contributed by atoms with Crippen molar-refractivity contribution in [2.75, 3.05) is 13.7 Å². The number of carbonyl (C=O) groups is 1. The molecule has 2 rings (SSSR count). The summed E-state index contributed by atoms with van der Waals surface area (Å²) in [7, 11) is -0.281. The number of benzene rings is 1. The molecule has 1 aliphatic rings. The molecule has 1 unspecified atom stereocenters. The van der Waals surface area contributed by atoms with Gasteiger partial charge in [0.05, 0.1) is 27.4 Å². The van der Waals surface area contributed by atoms with Crippen LogP contribution in [0.15, 0.2) is 23.8 Å². The second kappa shape index (κ2) is 5.55. The molecule has 1 aliphatic carbocycles. The molecule has 0 spiro atoms. The average molecular weight is 320 g/mol. The molecule has 0 heterocycles. The summed E-state index contributed by atoms with van der Waals surface area (Å²) in [6.45, 7) is 10.2. The van der Waals surface area contributed by atoms with Gasteiger partial charge in [-0.05, 0) is 42.3 Å². The van der Waals surface area contributed by atoms with E-state index in [4.69, 9.17) is 9.47 Å². The predicted octanol–water partition coefficient (Wildman–Crippen LogP) is 3.11. The van der Waals surface area contributed by atoms with E-state index in [1.54, 1.807) is 21.0 Å². The summed E-state index contributed by atoms with van der Waals surface area (Å²) in [5, 5.41) is 12.0. The van der Waals surface area contributed by atoms with E-state index in [1.807, 2.05) is 18.2 Å². The number of ether oxygens (including phenoxy) is 2. The Kier molecular flexibility index (Phi) is 4.23. The highest BCUT2D eigenvalue weighted by molar-refractivity contribution is 6.94. The van der Waals surface area contributed by atoms with Gasteiger partial charge < -0.3 is 14.6 Å². The lowest BCUT2D eigenvalue weighted by Crippen LogP contribution is -2.31. The minimum atomic E-state index is -1.89. The maximum absolute atomic E-state index is 12.5. The van der Waals surface area contributed by atoms with Gasteiger partial charge in [0.25, 0.3) is 0 Å². The van der Waals surface area contributed by atoms with Gasteiger partial charge in [0, 0.05) is 0 Å². The topological polar surface area (TPSA) is 55.8 Å². The third-order valence-electron chi connectivity index (χ3n) is 3.99. The molecule has 0 radical (unpaired) electrons. The first-order chi connectivity index (χ1) is 10.1. The summed E-state index contributed by atoms with van der Waals surface area (Å²) in [6, 6.07) is 5.55. The SMILES string of the molecule is CCOC(=O)C1=C([Si](C)(C)C)c2cc(OC)ccc2C1(C)O. The van der Waals surface area contributed by atoms with E-state index >= 15 is 0 Å². The van der Waals surface area contributed by atoms with Crippen LogP contribution in [0.5, 0.6) is 5.75 Å². The molecule has 0 saturated carbocycles. The molecular formula is C17H24O4Si. The molecule has 120 valence electrons. The molecular weight excluding hydrogens is 296 g/mol. The Labute approximate surface area is 132 Å². The third kappa shape index (κ3) is 2.59. The summed E-state index contributed by atoms with van der Waals surface area (Å²) in [6.07, 6.45) is 0. The Hall–Kier alpha value is -1.59. The molecule has 0 aliphatic heterocycles. The van der Waals surface area contributed by atoms with Crippen molar-refractivity contribution in [3.8, 4) is 5.75 Å². The van der Waals surface area contributed by atoms with E-state index in [0.717, 1.165) is 22.1 Å². The Morgan fingerprint density at radius 1 is 1.32 bits per heavy atom. The fraction of sp³-hybridized carbons (Fsp3) is 0.471. The molecule has 5 heteroatoms. The normalized spacial score (nSPS) is 20.9. The largest absolute Gasteiger partial charge is 0.497 e. The van der Waals surface area contributed by atoms with Crippen molar-refractivity contribution in [3.05, 3.63) is 34.9 Å². The first kappa shape index (κ1) is 16.8. The molecule has 0 bridgehead atoms. The van der Waals surface area contributed by atoms with Gasteiger partial charge in [-0.15, -0.1) is 0 Å². The standard InChI is InChI=1S/C17H24O4Si/c1-7-21-16(18)14-15(22(4,5)6)12-10-11(20-3)8-9-13(12)17(14,2)19/h8-10,19H,7H2,1-6H3. The van der Waals surface area contributed by atoms with Crippen LogP contribution in [-0.2, 0) is 15.1 Å². The van der Waals surface area contributed by atoms with Crippen LogP contribution < -0.4 is 4.74 Å². The highest BCUT2D eigenvalue weighted by Crippen LogP contribution is 2.49. The molecule has 22 heavy (non-hydrogen) atoms. The fourth-order valence-corrected chi connectivity index (χ4v) is 5.19. The first-order valence-electron chi connectivity index (χ1n) is 7.48. The monoisotopic (exact) mass is 320 g/mol. The quantitative estimate of drug-likeness (QED) is 0.684. The minimum absolute atomic E-state index is 0.289. The number of rotatable bonds is 4. The van der Waals surface area contributed by atoms with Crippen LogP contribution in [0, 0.1) is 0 Å². The Morgan fingerprint density at radius 3 is 2.45 bits per heavy atom. The van der Waals surface area contributed by atoms with E-state index < -0.39 is 19.6 Å². The summed E-state index contributed by atoms with van der Waals surface area (Å²) in [4.78, 5) is 12.5. The fourth-order valence-electron chi connectivity index (χ4n) is 3.08. The smallest absolute Gasteiger partial charge is 0.337 e. The Bertz CT molecular complexity index is 639. The van der Waals surface area contributed by atoms with Crippen molar-refractivity contribution < 1.29 is 19.4 Å². The first-order valence-corrected chi connectivity index (χ1v) is 11.0. The number of hydrogen-bond acceptors (Lipinski definition) is 4. The van der Waals surface area contributed by atoms with Crippen molar-refractivity contribution in [2.45, 2.75) is 39.1 Å². The Balaban J connectivity index is 2.77. The van der Waals surface area contributed by atoms with E-state index in [1.165, 1.54) is 0 Å². The van der Waals surface area contributed by atoms with Crippen LogP contribution in [0.25, 0.3) is 5.20 Å². The molecule has 0 amide bonds. The van der Waals surface area contributed by atoms with Gasteiger partial charge >= 0.3 is 5.97 Å². The van der Waals surface area contributed by atoms with E-state index in [9.17, 15) is 9.90 Å². The summed E-state index contributed by atoms with van der Waals surface area (Å²) in [5.41, 5.74) is 0.709. The van der Waals surface area contributed by atoms with Crippen molar-refractivity contribution in [2.24, 2.45) is 0 Å². The maximum Gasteiger partial charge on any atom is 0.337 e. The van der Waals surface area contributed by atoms with Crippen LogP contribution >= 0.6 is 0 Å². The molecule has 0 saturated heterocycles. The maximum atomic E-state index is 12.5. The number of methoxy groups -OCH3 is 1. The van der Waals surface area contributed by atoms with Crippen molar-refractivity contribution in [1.29, 1.82) is 0 Å². The molecule has 1 atom stereocenters. The lowest BCUT2D eigenvalue weighted by atomic mass is 9.92. The number of hydrogen-bond donors (Lipinski definition) is 1. The zero-order valence-corrected chi connectivity index (χ0v) is 15.1. The van der Waals surface area contributed by atoms with Crippen molar-refractivity contribution in [3.63, 3.8) is 0 Å². The summed E-state index contributed by atoms with van der Waals surface area (Å²) in [5.74, 6) is 0.288. The van der Waals surface area contributed by atoms with Gasteiger partial charge in [-0.2, -0.15) is 0 Å². The molecule has 4 nitrogen and oxygen atoms in total. The molecule has 0 aromatic heterocycles. The van der Waals surface area contributed by atoms with Gasteiger partial charge in [-0.25, -0.2) is 4.79 Å². The highest BCUT2D eigenvalue weighted by atomic mass is 28.3. The van der Waals surface area contributed by atoms with Gasteiger partial charge in [-0.1, -0.05) is 25.7 Å².